The van der Waals surface area contributed by atoms with Crippen molar-refractivity contribution in [1.29, 1.82) is 0 Å². The molecule has 3 nitrogen and oxygen atoms in total. The fourth-order valence-electron chi connectivity index (χ4n) is 3.38. The molecule has 0 bridgehead atoms. The number of ketones is 1. The van der Waals surface area contributed by atoms with Gasteiger partial charge in [-0.1, -0.05) is 66.7 Å². The van der Waals surface area contributed by atoms with Crippen molar-refractivity contribution in [2.24, 2.45) is 0 Å². The van der Waals surface area contributed by atoms with Crippen molar-refractivity contribution in [3.8, 4) is 11.1 Å². The van der Waals surface area contributed by atoms with E-state index in [1.165, 1.54) is 0 Å². The topological polar surface area (TPSA) is 54.4 Å². The van der Waals surface area contributed by atoms with Crippen molar-refractivity contribution in [1.82, 2.24) is 0 Å². The van der Waals surface area contributed by atoms with Crippen molar-refractivity contribution in [3.05, 3.63) is 94.5 Å². The molecular formula is C22H16O3. The number of carbonyl (C=O) groups excluding carboxylic acids is 1. The van der Waals surface area contributed by atoms with Crippen LogP contribution in [-0.2, 0) is 17.6 Å². The minimum Gasteiger partial charge on any atom is -0.481 e. The summed E-state index contributed by atoms with van der Waals surface area (Å²) in [4.78, 5) is 23.4. The second-order valence-electron chi connectivity index (χ2n) is 6.30. The average molecular weight is 328 g/mol. The van der Waals surface area contributed by atoms with Crippen LogP contribution in [0, 0.1) is 0 Å². The first-order valence-electron chi connectivity index (χ1n) is 8.18. The summed E-state index contributed by atoms with van der Waals surface area (Å²) in [5, 5.41) is 8.86. The summed E-state index contributed by atoms with van der Waals surface area (Å²) >= 11 is 0. The monoisotopic (exact) mass is 328 g/mol. The quantitative estimate of drug-likeness (QED) is 0.615. The number of hydrogen-bond acceptors (Lipinski definition) is 2. The largest absolute Gasteiger partial charge is 0.481 e. The Morgan fingerprint density at radius 3 is 2.28 bits per heavy atom. The average Bonchev–Trinajstić information content (AvgIpc) is 2.62. The second-order valence-corrected chi connectivity index (χ2v) is 6.30. The predicted molar refractivity (Wildman–Crippen MR) is 95.9 cm³/mol. The normalized spacial score (nSPS) is 12.4. The molecule has 3 heteroatoms. The van der Waals surface area contributed by atoms with E-state index in [9.17, 15) is 9.59 Å². The molecule has 0 radical (unpaired) electrons. The molecule has 1 aliphatic rings. The van der Waals surface area contributed by atoms with Crippen LogP contribution >= 0.6 is 0 Å². The van der Waals surface area contributed by atoms with E-state index in [2.05, 4.69) is 6.07 Å². The van der Waals surface area contributed by atoms with Crippen LogP contribution in [0.1, 0.15) is 32.6 Å². The Morgan fingerprint density at radius 2 is 1.52 bits per heavy atom. The molecule has 0 unspecified atom stereocenters. The van der Waals surface area contributed by atoms with Crippen molar-refractivity contribution < 1.29 is 14.7 Å². The summed E-state index contributed by atoms with van der Waals surface area (Å²) in [6, 6.07) is 21.2. The van der Waals surface area contributed by atoms with E-state index < -0.39 is 5.97 Å². The van der Waals surface area contributed by atoms with Gasteiger partial charge in [0.15, 0.2) is 5.78 Å². The maximum absolute atomic E-state index is 12.6. The summed E-state index contributed by atoms with van der Waals surface area (Å²) in [5.74, 6) is -0.751. The summed E-state index contributed by atoms with van der Waals surface area (Å²) in [5.41, 5.74) is 6.49. The van der Waals surface area contributed by atoms with Gasteiger partial charge in [-0.25, -0.2) is 0 Å². The maximum atomic E-state index is 12.6. The van der Waals surface area contributed by atoms with Crippen LogP contribution in [0.25, 0.3) is 11.1 Å². The molecule has 3 aromatic carbocycles. The van der Waals surface area contributed by atoms with Crippen molar-refractivity contribution in [2.45, 2.75) is 12.8 Å². The van der Waals surface area contributed by atoms with Gasteiger partial charge in [-0.3, -0.25) is 9.59 Å². The van der Waals surface area contributed by atoms with Gasteiger partial charge >= 0.3 is 5.97 Å². The van der Waals surface area contributed by atoms with Gasteiger partial charge in [0, 0.05) is 11.1 Å². The maximum Gasteiger partial charge on any atom is 0.307 e. The third kappa shape index (κ3) is 2.85. The zero-order chi connectivity index (χ0) is 17.4. The minimum atomic E-state index is -0.835. The molecule has 0 saturated heterocycles. The molecule has 0 atom stereocenters. The number of hydrogen-bond donors (Lipinski definition) is 1. The number of carboxylic acid groups (broad SMARTS) is 1. The molecule has 0 aliphatic heterocycles. The molecule has 25 heavy (non-hydrogen) atoms. The highest BCUT2D eigenvalue weighted by atomic mass is 16.4. The fourth-order valence-corrected chi connectivity index (χ4v) is 3.38. The van der Waals surface area contributed by atoms with E-state index in [1.54, 1.807) is 0 Å². The Labute approximate surface area is 145 Å². The molecule has 3 aromatic rings. The van der Waals surface area contributed by atoms with Gasteiger partial charge in [-0.15, -0.1) is 0 Å². The summed E-state index contributed by atoms with van der Waals surface area (Å²) < 4.78 is 0. The van der Waals surface area contributed by atoms with Crippen molar-refractivity contribution >= 4 is 11.8 Å². The molecular weight excluding hydrogens is 312 g/mol. The molecule has 4 rings (SSSR count). The number of fused-ring (bicyclic) bond motifs is 2. The van der Waals surface area contributed by atoms with Crippen LogP contribution in [0.15, 0.2) is 66.7 Å². The molecule has 0 aromatic heterocycles. The predicted octanol–water partition coefficient (Wildman–Crippen LogP) is 4.12. The van der Waals surface area contributed by atoms with Crippen LogP contribution in [0.3, 0.4) is 0 Å². The van der Waals surface area contributed by atoms with Crippen LogP contribution < -0.4 is 0 Å². The van der Waals surface area contributed by atoms with Crippen LogP contribution in [-0.4, -0.2) is 16.9 Å². The Bertz CT molecular complexity index is 984. The standard InChI is InChI=1S/C22H16O3/c23-21(24)11-14-5-7-15(8-6-14)16-9-10-20-18(12-16)13-17-3-1-2-4-19(17)22(20)25/h1-10,12H,11,13H2,(H,23,24). The van der Waals surface area contributed by atoms with E-state index in [0.717, 1.165) is 45.4 Å². The Morgan fingerprint density at radius 1 is 0.840 bits per heavy atom. The van der Waals surface area contributed by atoms with Gasteiger partial charge < -0.3 is 5.11 Å². The van der Waals surface area contributed by atoms with E-state index in [-0.39, 0.29) is 12.2 Å². The van der Waals surface area contributed by atoms with Gasteiger partial charge in [0.2, 0.25) is 0 Å². The van der Waals surface area contributed by atoms with Gasteiger partial charge in [0.05, 0.1) is 6.42 Å². The third-order valence-electron chi connectivity index (χ3n) is 4.64. The SMILES string of the molecule is O=C(O)Cc1ccc(-c2ccc3c(c2)Cc2ccccc2C3=O)cc1. The number of benzene rings is 3. The van der Waals surface area contributed by atoms with Crippen molar-refractivity contribution in [3.63, 3.8) is 0 Å². The van der Waals surface area contributed by atoms with Gasteiger partial charge in [0.25, 0.3) is 0 Å². The number of carboxylic acids is 1. The van der Waals surface area contributed by atoms with E-state index in [1.807, 2.05) is 60.7 Å². The minimum absolute atomic E-state index is 0.0236. The Kier molecular flexibility index (Phi) is 3.69. The molecule has 0 amide bonds. The number of aliphatic carboxylic acids is 1. The van der Waals surface area contributed by atoms with Gasteiger partial charge in [-0.05, 0) is 34.2 Å². The molecule has 1 aliphatic carbocycles. The van der Waals surface area contributed by atoms with Crippen molar-refractivity contribution in [2.75, 3.05) is 0 Å². The lowest BCUT2D eigenvalue weighted by Gasteiger charge is -2.19. The van der Waals surface area contributed by atoms with Crippen LogP contribution in [0.2, 0.25) is 0 Å². The molecule has 0 spiro atoms. The first-order valence-corrected chi connectivity index (χ1v) is 8.18. The van der Waals surface area contributed by atoms with Gasteiger partial charge in [0.1, 0.15) is 0 Å². The smallest absolute Gasteiger partial charge is 0.307 e. The number of rotatable bonds is 3. The molecule has 0 heterocycles. The summed E-state index contributed by atoms with van der Waals surface area (Å²) in [6.45, 7) is 0. The van der Waals surface area contributed by atoms with E-state index in [0.29, 0.717) is 0 Å². The zero-order valence-corrected chi connectivity index (χ0v) is 13.5. The van der Waals surface area contributed by atoms with Crippen LogP contribution in [0.5, 0.6) is 0 Å². The molecule has 1 N–H and O–H groups in total. The zero-order valence-electron chi connectivity index (χ0n) is 13.5. The van der Waals surface area contributed by atoms with E-state index in [4.69, 9.17) is 5.11 Å². The first-order chi connectivity index (χ1) is 12.1. The Hall–Kier alpha value is -3.20. The number of carbonyl (C=O) groups is 2. The highest BCUT2D eigenvalue weighted by Gasteiger charge is 2.22. The second kappa shape index (κ2) is 6.02. The fraction of sp³-hybridized carbons (Fsp3) is 0.0909. The molecule has 122 valence electrons. The highest BCUT2D eigenvalue weighted by Crippen LogP contribution is 2.30. The molecule has 0 fully saturated rings. The Balaban J connectivity index is 1.69. The van der Waals surface area contributed by atoms with Gasteiger partial charge in [-0.2, -0.15) is 0 Å². The summed E-state index contributed by atoms with van der Waals surface area (Å²) in [6.07, 6.45) is 0.776. The highest BCUT2D eigenvalue weighted by molar-refractivity contribution is 6.12. The van der Waals surface area contributed by atoms with E-state index >= 15 is 0 Å². The lowest BCUT2D eigenvalue weighted by Crippen LogP contribution is -2.14. The van der Waals surface area contributed by atoms with Crippen LogP contribution in [0.4, 0.5) is 0 Å². The lowest BCUT2D eigenvalue weighted by atomic mass is 9.83. The molecule has 0 saturated carbocycles. The summed E-state index contributed by atoms with van der Waals surface area (Å²) in [7, 11) is 0. The first kappa shape index (κ1) is 15.3. The lowest BCUT2D eigenvalue weighted by molar-refractivity contribution is -0.136. The third-order valence-corrected chi connectivity index (χ3v) is 4.64.